The Morgan fingerprint density at radius 3 is 1.59 bits per heavy atom. The molecular weight excluding hydrogens is 688 g/mol. The van der Waals surface area contributed by atoms with Gasteiger partial charge in [-0.15, -0.1) is 0 Å². The third-order valence-corrected chi connectivity index (χ3v) is 11.3. The first kappa shape index (κ1) is 36.0. The van der Waals surface area contributed by atoms with Crippen molar-refractivity contribution in [3.63, 3.8) is 0 Å². The normalized spacial score (nSPS) is 21.5. The van der Waals surface area contributed by atoms with E-state index in [1.54, 1.807) is 0 Å². The second-order valence-electron chi connectivity index (χ2n) is 14.9. The molecule has 54 heavy (non-hydrogen) atoms. The molecule has 284 valence electrons. The summed E-state index contributed by atoms with van der Waals surface area (Å²) in [5.41, 5.74) is 5.90. The molecule has 3 amide bonds. The summed E-state index contributed by atoms with van der Waals surface area (Å²) in [6, 6.07) is 15.3. The summed E-state index contributed by atoms with van der Waals surface area (Å²) >= 11 is 0. The minimum Gasteiger partial charge on any atom is -0.453 e. The summed E-state index contributed by atoms with van der Waals surface area (Å²) in [6.07, 6.45) is 9.04. The Bertz CT molecular complexity index is 1950. The zero-order valence-electron chi connectivity index (χ0n) is 30.7. The molecule has 4 fully saturated rings. The molecule has 2 aliphatic heterocycles. The second kappa shape index (κ2) is 15.4. The van der Waals surface area contributed by atoms with Crippen molar-refractivity contribution in [3.8, 4) is 33.6 Å². The van der Waals surface area contributed by atoms with E-state index in [0.717, 1.165) is 96.7 Å². The number of aromatic amines is 2. The fourth-order valence-electron chi connectivity index (χ4n) is 8.03. The molecule has 2 aromatic heterocycles. The Kier molecular flexibility index (Phi) is 10.2. The lowest BCUT2D eigenvalue weighted by Gasteiger charge is -2.29. The number of alkyl carbamates (subject to hydrolysis) is 1. The molecule has 14 heteroatoms. The van der Waals surface area contributed by atoms with Gasteiger partial charge in [-0.05, 0) is 85.5 Å². The second-order valence-corrected chi connectivity index (χ2v) is 14.9. The minimum absolute atomic E-state index is 0.0157. The van der Waals surface area contributed by atoms with E-state index in [-0.39, 0.29) is 35.7 Å². The molecule has 5 N–H and O–H groups in total. The van der Waals surface area contributed by atoms with Crippen molar-refractivity contribution in [1.82, 2.24) is 40.4 Å². The molecule has 2 saturated heterocycles. The Morgan fingerprint density at radius 1 is 0.704 bits per heavy atom. The highest BCUT2D eigenvalue weighted by Crippen LogP contribution is 2.39. The molecule has 2 aliphatic carbocycles. The van der Waals surface area contributed by atoms with Crippen molar-refractivity contribution >= 4 is 17.9 Å². The number of rotatable bonds is 13. The van der Waals surface area contributed by atoms with E-state index in [4.69, 9.17) is 14.5 Å². The van der Waals surface area contributed by atoms with E-state index >= 15 is 0 Å². The number of carbonyl (C=O) groups excluding carboxylic acids is 3. The first-order chi connectivity index (χ1) is 26.3. The highest BCUT2D eigenvalue weighted by molar-refractivity contribution is 5.87. The van der Waals surface area contributed by atoms with Crippen molar-refractivity contribution < 1.29 is 29.0 Å². The van der Waals surface area contributed by atoms with Gasteiger partial charge in [-0.2, -0.15) is 0 Å². The molecule has 0 spiro atoms. The zero-order chi connectivity index (χ0) is 37.3. The Balaban J connectivity index is 0.910. The van der Waals surface area contributed by atoms with Gasteiger partial charge in [0.2, 0.25) is 18.2 Å². The van der Waals surface area contributed by atoms with Crippen molar-refractivity contribution in [2.24, 2.45) is 11.8 Å². The van der Waals surface area contributed by atoms with Crippen molar-refractivity contribution in [3.05, 3.63) is 72.6 Å². The number of hydrogen-bond donors (Lipinski definition) is 5. The monoisotopic (exact) mass is 736 g/mol. The molecule has 4 heterocycles. The number of carbonyl (C=O) groups is 3. The van der Waals surface area contributed by atoms with Crippen LogP contribution in [0.15, 0.2) is 60.9 Å². The lowest BCUT2D eigenvalue weighted by atomic mass is 10.0. The third-order valence-electron chi connectivity index (χ3n) is 11.3. The van der Waals surface area contributed by atoms with Gasteiger partial charge < -0.3 is 39.7 Å². The van der Waals surface area contributed by atoms with Crippen molar-refractivity contribution in [2.45, 2.75) is 81.9 Å². The van der Waals surface area contributed by atoms with Gasteiger partial charge in [-0.1, -0.05) is 48.5 Å². The fourth-order valence-corrected chi connectivity index (χ4v) is 8.03. The van der Waals surface area contributed by atoms with Crippen LogP contribution in [0.5, 0.6) is 0 Å². The summed E-state index contributed by atoms with van der Waals surface area (Å²) in [6.45, 7) is 1.28. The Hall–Kier alpha value is -5.05. The van der Waals surface area contributed by atoms with Crippen molar-refractivity contribution in [2.75, 3.05) is 27.3 Å². The number of nitrogens with zero attached hydrogens (tertiary/aromatic N) is 4. The highest BCUT2D eigenvalue weighted by Gasteiger charge is 2.44. The van der Waals surface area contributed by atoms with Crippen LogP contribution in [-0.2, 0) is 19.1 Å². The van der Waals surface area contributed by atoms with Crippen LogP contribution >= 0.6 is 0 Å². The summed E-state index contributed by atoms with van der Waals surface area (Å²) in [7, 11) is 2.72. The SMILES string of the molecule is COC(=O)N[C@@H](C(=O)N1CCC[C@@H]1c1ncc(-c2ccc(-c3ccc(-c4cnc([C@H]5CCCN5C(=O)[C@H](NC(O)OC)C5CC5)[nH]4)cc3)cc2)[nH]1)C1CC1. The molecule has 0 bridgehead atoms. The first-order valence-corrected chi connectivity index (χ1v) is 19.0. The highest BCUT2D eigenvalue weighted by atomic mass is 16.6. The third kappa shape index (κ3) is 7.50. The molecule has 2 saturated carbocycles. The zero-order valence-corrected chi connectivity index (χ0v) is 30.7. The summed E-state index contributed by atoms with van der Waals surface area (Å²) in [5, 5.41) is 15.7. The summed E-state index contributed by atoms with van der Waals surface area (Å²) in [5.74, 6) is 1.78. The molecule has 2 aromatic carbocycles. The maximum absolute atomic E-state index is 13.6. The van der Waals surface area contributed by atoms with Crippen LogP contribution in [0.1, 0.15) is 75.1 Å². The first-order valence-electron chi connectivity index (χ1n) is 19.0. The molecule has 4 aliphatic rings. The van der Waals surface area contributed by atoms with E-state index < -0.39 is 24.6 Å². The molecule has 4 aromatic rings. The molecule has 14 nitrogen and oxygen atoms in total. The van der Waals surface area contributed by atoms with Crippen LogP contribution in [0.3, 0.4) is 0 Å². The maximum Gasteiger partial charge on any atom is 0.407 e. The average Bonchev–Trinajstić information content (AvgIpc) is 3.92. The van der Waals surface area contributed by atoms with Gasteiger partial charge in [0.1, 0.15) is 17.7 Å². The number of methoxy groups -OCH3 is 2. The van der Waals surface area contributed by atoms with E-state index in [9.17, 15) is 19.5 Å². The van der Waals surface area contributed by atoms with Crippen LogP contribution in [0.25, 0.3) is 33.6 Å². The molecule has 8 rings (SSSR count). The van der Waals surface area contributed by atoms with E-state index in [1.807, 2.05) is 22.2 Å². The van der Waals surface area contributed by atoms with Gasteiger partial charge in [0, 0.05) is 20.2 Å². The molecule has 0 radical (unpaired) electrons. The number of hydrogen-bond acceptors (Lipinski definition) is 9. The Labute approximate surface area is 314 Å². The van der Waals surface area contributed by atoms with Gasteiger partial charge in [0.25, 0.3) is 0 Å². The van der Waals surface area contributed by atoms with Gasteiger partial charge in [-0.3, -0.25) is 14.9 Å². The quantitative estimate of drug-likeness (QED) is 0.120. The smallest absolute Gasteiger partial charge is 0.407 e. The van der Waals surface area contributed by atoms with Crippen LogP contribution in [0.2, 0.25) is 0 Å². The van der Waals surface area contributed by atoms with Crippen LogP contribution in [-0.4, -0.2) is 98.6 Å². The van der Waals surface area contributed by atoms with Crippen LogP contribution in [0.4, 0.5) is 4.79 Å². The van der Waals surface area contributed by atoms with E-state index in [0.29, 0.717) is 13.1 Å². The number of aromatic nitrogens is 4. The fraction of sp³-hybridized carbons (Fsp3) is 0.475. The van der Waals surface area contributed by atoms with Gasteiger partial charge in [0.15, 0.2) is 0 Å². The number of ether oxygens (including phenoxy) is 2. The number of aliphatic hydroxyl groups excluding tert-OH is 1. The lowest BCUT2D eigenvalue weighted by molar-refractivity contribution is -0.144. The Morgan fingerprint density at radius 2 is 1.15 bits per heavy atom. The number of H-pyrrole nitrogens is 2. The maximum atomic E-state index is 13.6. The molecule has 1 unspecified atom stereocenters. The van der Waals surface area contributed by atoms with Gasteiger partial charge >= 0.3 is 6.09 Å². The molecular formula is C40H48N8O6. The predicted molar refractivity (Wildman–Crippen MR) is 199 cm³/mol. The average molecular weight is 737 g/mol. The lowest BCUT2D eigenvalue weighted by Crippen LogP contribution is -2.51. The number of amides is 3. The van der Waals surface area contributed by atoms with E-state index in [1.165, 1.54) is 14.2 Å². The molecule has 5 atom stereocenters. The standard InChI is InChI=1S/C40H48N8O6/c1-53-39(51)45-33(27-15-16-27)37(49)47-19-3-5-31(47)35-41-21-29(43-35)25-11-7-23(8-12-25)24-9-13-26(14-10-24)30-22-42-36(44-30)32-6-4-20-48(32)38(50)34(28-17-18-28)46-40(52)54-2/h7-14,21-22,27-28,31-34,39,45,51H,3-6,15-20H2,1-2H3,(H,41,43)(H,42,44)(H,46,52)/t31-,32-,33-,34-,39?/m1/s1. The topological polar surface area (TPSA) is 178 Å². The van der Waals surface area contributed by atoms with Crippen LogP contribution < -0.4 is 10.6 Å². The number of likely N-dealkylation sites (tertiary alicyclic amines) is 2. The van der Waals surface area contributed by atoms with Crippen LogP contribution in [0, 0.1) is 11.8 Å². The van der Waals surface area contributed by atoms with Crippen molar-refractivity contribution in [1.29, 1.82) is 0 Å². The number of aliphatic hydroxyl groups is 1. The summed E-state index contributed by atoms with van der Waals surface area (Å²) in [4.78, 5) is 59.2. The summed E-state index contributed by atoms with van der Waals surface area (Å²) < 4.78 is 9.75. The predicted octanol–water partition coefficient (Wildman–Crippen LogP) is 4.89. The minimum atomic E-state index is -1.18. The number of imidazole rings is 2. The largest absolute Gasteiger partial charge is 0.453 e. The number of benzene rings is 2. The number of nitrogens with one attached hydrogen (secondary N) is 4. The van der Waals surface area contributed by atoms with Gasteiger partial charge in [-0.25, -0.2) is 14.8 Å². The van der Waals surface area contributed by atoms with Gasteiger partial charge in [0.05, 0.1) is 49.0 Å². The van der Waals surface area contributed by atoms with E-state index in [2.05, 4.69) is 74.1 Å².